The van der Waals surface area contributed by atoms with Gasteiger partial charge >= 0.3 is 0 Å². The first-order valence-corrected chi connectivity index (χ1v) is 9.65. The molecule has 3 rings (SSSR count). The summed E-state index contributed by atoms with van der Waals surface area (Å²) >= 11 is 1.46. The number of nitrogens with two attached hydrogens (primary N) is 1. The number of carbonyl (C=O) groups excluding carboxylic acids is 2. The van der Waals surface area contributed by atoms with Crippen LogP contribution in [-0.2, 0) is 29.0 Å². The Balaban J connectivity index is 1.61. The predicted octanol–water partition coefficient (Wildman–Crippen LogP) is 3.50. The normalized spacial score (nSPS) is 13.3. The van der Waals surface area contributed by atoms with Crippen molar-refractivity contribution < 1.29 is 14.3 Å². The van der Waals surface area contributed by atoms with Crippen molar-refractivity contribution >= 4 is 28.2 Å². The smallest absolute Gasteiger partial charge is 0.251 e. The van der Waals surface area contributed by atoms with Gasteiger partial charge in [0.1, 0.15) is 11.6 Å². The van der Waals surface area contributed by atoms with Gasteiger partial charge in [0.25, 0.3) is 11.8 Å². The van der Waals surface area contributed by atoms with Crippen molar-refractivity contribution in [3.05, 3.63) is 50.9 Å². The second kappa shape index (κ2) is 8.01. The molecule has 3 N–H and O–H groups in total. The molecule has 0 aliphatic heterocycles. The number of hydrogen-bond donors (Lipinski definition) is 2. The van der Waals surface area contributed by atoms with Crippen molar-refractivity contribution in [2.24, 2.45) is 5.73 Å². The van der Waals surface area contributed by atoms with E-state index in [1.54, 1.807) is 0 Å². The summed E-state index contributed by atoms with van der Waals surface area (Å²) < 4.78 is 5.55. The van der Waals surface area contributed by atoms with Gasteiger partial charge in [0.2, 0.25) is 0 Å². The van der Waals surface area contributed by atoms with Crippen LogP contribution in [0.4, 0.5) is 5.00 Å². The van der Waals surface area contributed by atoms with Crippen LogP contribution in [0.3, 0.4) is 0 Å². The van der Waals surface area contributed by atoms with Gasteiger partial charge in [-0.2, -0.15) is 0 Å². The third-order valence-corrected chi connectivity index (χ3v) is 5.87. The van der Waals surface area contributed by atoms with Gasteiger partial charge in [-0.25, -0.2) is 0 Å². The maximum atomic E-state index is 12.2. The van der Waals surface area contributed by atoms with Gasteiger partial charge in [0.05, 0.1) is 12.2 Å². The quantitative estimate of drug-likeness (QED) is 0.814. The average Bonchev–Trinajstić information content (AvgIpc) is 2.94. The third-order valence-electron chi connectivity index (χ3n) is 4.66. The van der Waals surface area contributed by atoms with E-state index in [-0.39, 0.29) is 12.5 Å². The SMILES string of the molecule is Cc1ccc(COCC(=O)Nc2sc3c(c2C(N)=O)CCCC3)c(C)c1. The lowest BCUT2D eigenvalue weighted by molar-refractivity contribution is -0.121. The number of hydrogen-bond acceptors (Lipinski definition) is 4. The molecule has 2 amide bonds. The van der Waals surface area contributed by atoms with Crippen molar-refractivity contribution in [2.75, 3.05) is 11.9 Å². The first-order valence-electron chi connectivity index (χ1n) is 8.83. The van der Waals surface area contributed by atoms with E-state index in [0.717, 1.165) is 47.3 Å². The van der Waals surface area contributed by atoms with Crippen LogP contribution in [0.2, 0.25) is 0 Å². The van der Waals surface area contributed by atoms with Crippen LogP contribution in [-0.4, -0.2) is 18.4 Å². The zero-order valence-corrected chi connectivity index (χ0v) is 16.0. The zero-order chi connectivity index (χ0) is 18.7. The number of primary amides is 1. The molecule has 26 heavy (non-hydrogen) atoms. The van der Waals surface area contributed by atoms with Gasteiger partial charge in [0, 0.05) is 4.88 Å². The highest BCUT2D eigenvalue weighted by molar-refractivity contribution is 7.17. The number of fused-ring (bicyclic) bond motifs is 1. The maximum absolute atomic E-state index is 12.2. The number of nitrogens with one attached hydrogen (secondary N) is 1. The van der Waals surface area contributed by atoms with Crippen molar-refractivity contribution in [2.45, 2.75) is 46.1 Å². The molecule has 0 bridgehead atoms. The molecule has 0 unspecified atom stereocenters. The fraction of sp³-hybridized carbons (Fsp3) is 0.400. The van der Waals surface area contributed by atoms with Crippen LogP contribution in [0.5, 0.6) is 0 Å². The molecular weight excluding hydrogens is 348 g/mol. The molecular formula is C20H24N2O3S. The molecule has 138 valence electrons. The van der Waals surface area contributed by atoms with E-state index in [1.165, 1.54) is 16.9 Å². The number of ether oxygens (including phenoxy) is 1. The van der Waals surface area contributed by atoms with Crippen LogP contribution < -0.4 is 11.1 Å². The van der Waals surface area contributed by atoms with E-state index >= 15 is 0 Å². The Hall–Kier alpha value is -2.18. The largest absolute Gasteiger partial charge is 0.367 e. The summed E-state index contributed by atoms with van der Waals surface area (Å²) in [6, 6.07) is 6.14. The second-order valence-corrected chi connectivity index (χ2v) is 7.86. The van der Waals surface area contributed by atoms with Crippen LogP contribution in [0.25, 0.3) is 0 Å². The fourth-order valence-corrected chi connectivity index (χ4v) is 4.65. The number of benzene rings is 1. The molecule has 6 heteroatoms. The lowest BCUT2D eigenvalue weighted by Crippen LogP contribution is -2.21. The highest BCUT2D eigenvalue weighted by Gasteiger charge is 2.24. The average molecular weight is 372 g/mol. The van der Waals surface area contributed by atoms with Crippen molar-refractivity contribution in [1.29, 1.82) is 0 Å². The summed E-state index contributed by atoms with van der Waals surface area (Å²) in [5.74, 6) is -0.744. The monoisotopic (exact) mass is 372 g/mol. The summed E-state index contributed by atoms with van der Waals surface area (Å²) in [4.78, 5) is 25.3. The van der Waals surface area contributed by atoms with E-state index in [0.29, 0.717) is 17.2 Å². The Labute approximate surface area is 157 Å². The van der Waals surface area contributed by atoms with E-state index in [9.17, 15) is 9.59 Å². The van der Waals surface area contributed by atoms with Crippen molar-refractivity contribution in [3.63, 3.8) is 0 Å². The lowest BCUT2D eigenvalue weighted by Gasteiger charge is -2.11. The lowest BCUT2D eigenvalue weighted by atomic mass is 9.95. The van der Waals surface area contributed by atoms with Gasteiger partial charge < -0.3 is 15.8 Å². The molecule has 0 saturated carbocycles. The Morgan fingerprint density at radius 3 is 2.73 bits per heavy atom. The molecule has 0 atom stereocenters. The molecule has 1 aromatic carbocycles. The number of rotatable bonds is 6. The molecule has 0 fully saturated rings. The number of carbonyl (C=O) groups is 2. The van der Waals surface area contributed by atoms with Crippen LogP contribution in [0.1, 0.15) is 50.3 Å². The Morgan fingerprint density at radius 1 is 1.23 bits per heavy atom. The summed E-state index contributed by atoms with van der Waals surface area (Å²) in [5.41, 5.74) is 10.4. The summed E-state index contributed by atoms with van der Waals surface area (Å²) in [5, 5.41) is 3.37. The van der Waals surface area contributed by atoms with E-state index in [2.05, 4.69) is 11.4 Å². The second-order valence-electron chi connectivity index (χ2n) is 6.75. The van der Waals surface area contributed by atoms with E-state index in [4.69, 9.17) is 10.5 Å². The topological polar surface area (TPSA) is 81.4 Å². The third kappa shape index (κ3) is 4.14. The summed E-state index contributed by atoms with van der Waals surface area (Å²) in [6.45, 7) is 4.39. The molecule has 0 spiro atoms. The van der Waals surface area contributed by atoms with Crippen molar-refractivity contribution in [3.8, 4) is 0 Å². The van der Waals surface area contributed by atoms with Gasteiger partial charge in [-0.3, -0.25) is 9.59 Å². The standard InChI is InChI=1S/C20H24N2O3S/c1-12-7-8-14(13(2)9-12)10-25-11-17(23)22-20-18(19(21)24)15-5-3-4-6-16(15)26-20/h7-9H,3-6,10-11H2,1-2H3,(H2,21,24)(H,22,23). The number of amides is 2. The predicted molar refractivity (Wildman–Crippen MR) is 104 cm³/mol. The minimum atomic E-state index is -0.476. The highest BCUT2D eigenvalue weighted by Crippen LogP contribution is 2.37. The molecule has 1 aliphatic rings. The first kappa shape index (κ1) is 18.6. The van der Waals surface area contributed by atoms with Crippen molar-refractivity contribution in [1.82, 2.24) is 0 Å². The number of aryl methyl sites for hydroxylation is 3. The minimum absolute atomic E-state index is 0.0614. The van der Waals surface area contributed by atoms with Crippen LogP contribution in [0, 0.1) is 13.8 Å². The zero-order valence-electron chi connectivity index (χ0n) is 15.2. The Bertz CT molecular complexity index is 842. The number of thiophene rings is 1. The Morgan fingerprint density at radius 2 is 2.00 bits per heavy atom. The summed E-state index contributed by atoms with van der Waals surface area (Å²) in [6.07, 6.45) is 3.96. The van der Waals surface area contributed by atoms with Crippen LogP contribution >= 0.6 is 11.3 Å². The minimum Gasteiger partial charge on any atom is -0.367 e. The van der Waals surface area contributed by atoms with Gasteiger partial charge in [0.15, 0.2) is 0 Å². The van der Waals surface area contributed by atoms with Gasteiger partial charge in [-0.1, -0.05) is 23.8 Å². The molecule has 5 nitrogen and oxygen atoms in total. The molecule has 1 heterocycles. The highest BCUT2D eigenvalue weighted by atomic mass is 32.1. The van der Waals surface area contributed by atoms with E-state index < -0.39 is 5.91 Å². The molecule has 0 radical (unpaired) electrons. The molecule has 1 aromatic heterocycles. The molecule has 0 saturated heterocycles. The number of anilines is 1. The Kier molecular flexibility index (Phi) is 5.74. The van der Waals surface area contributed by atoms with Gasteiger partial charge in [-0.05, 0) is 56.2 Å². The fourth-order valence-electron chi connectivity index (χ4n) is 3.34. The van der Waals surface area contributed by atoms with Crippen LogP contribution in [0.15, 0.2) is 18.2 Å². The maximum Gasteiger partial charge on any atom is 0.251 e. The molecule has 1 aliphatic carbocycles. The molecule has 2 aromatic rings. The van der Waals surface area contributed by atoms with E-state index in [1.807, 2.05) is 26.0 Å². The first-order chi connectivity index (χ1) is 12.5. The van der Waals surface area contributed by atoms with Gasteiger partial charge in [-0.15, -0.1) is 11.3 Å². The summed E-state index contributed by atoms with van der Waals surface area (Å²) in [7, 11) is 0.